The van der Waals surface area contributed by atoms with Crippen LogP contribution in [0.25, 0.3) is 11.1 Å². The smallest absolute Gasteiger partial charge is 0.128 e. The van der Waals surface area contributed by atoms with E-state index >= 15 is 0 Å². The summed E-state index contributed by atoms with van der Waals surface area (Å²) in [6, 6.07) is 11.2. The van der Waals surface area contributed by atoms with Gasteiger partial charge in [0.25, 0.3) is 0 Å². The number of benzene rings is 2. The first-order valence-corrected chi connectivity index (χ1v) is 6.46. The van der Waals surface area contributed by atoms with Gasteiger partial charge >= 0.3 is 0 Å². The largest absolute Gasteiger partial charge is 0.313 e. The van der Waals surface area contributed by atoms with Gasteiger partial charge in [0.1, 0.15) is 11.6 Å². The molecule has 0 aliphatic heterocycles. The molecule has 0 radical (unpaired) electrons. The topological polar surface area (TPSA) is 12.0 Å². The Morgan fingerprint density at radius 3 is 2.26 bits per heavy atom. The highest BCUT2D eigenvalue weighted by atomic mass is 19.1. The third-order valence-electron chi connectivity index (χ3n) is 2.97. The zero-order chi connectivity index (χ0) is 13.7. The van der Waals surface area contributed by atoms with Crippen LogP contribution in [-0.2, 0) is 6.54 Å². The third kappa shape index (κ3) is 3.61. The quantitative estimate of drug-likeness (QED) is 0.798. The van der Waals surface area contributed by atoms with E-state index in [0.29, 0.717) is 12.1 Å². The minimum absolute atomic E-state index is 0.231. The summed E-state index contributed by atoms with van der Waals surface area (Å²) < 4.78 is 26.8. The van der Waals surface area contributed by atoms with Gasteiger partial charge in [0.05, 0.1) is 0 Å². The minimum atomic E-state index is -0.287. The van der Waals surface area contributed by atoms with Crippen molar-refractivity contribution in [3.63, 3.8) is 0 Å². The van der Waals surface area contributed by atoms with Crippen molar-refractivity contribution in [1.82, 2.24) is 5.32 Å². The number of rotatable bonds is 5. The summed E-state index contributed by atoms with van der Waals surface area (Å²) in [4.78, 5) is 0. The van der Waals surface area contributed by atoms with Gasteiger partial charge in [-0.3, -0.25) is 0 Å². The summed E-state index contributed by atoms with van der Waals surface area (Å²) in [5.41, 5.74) is 2.23. The van der Waals surface area contributed by atoms with E-state index in [9.17, 15) is 8.78 Å². The predicted octanol–water partition coefficient (Wildman–Crippen LogP) is 4.13. The highest BCUT2D eigenvalue weighted by Gasteiger charge is 2.05. The Hall–Kier alpha value is -1.74. The molecule has 0 saturated heterocycles. The highest BCUT2D eigenvalue weighted by Crippen LogP contribution is 2.22. The number of hydrogen-bond donors (Lipinski definition) is 1. The average Bonchev–Trinajstić information content (AvgIpc) is 2.42. The van der Waals surface area contributed by atoms with Crippen LogP contribution in [-0.4, -0.2) is 6.54 Å². The maximum atomic E-state index is 13.9. The van der Waals surface area contributed by atoms with Gasteiger partial charge in [0.15, 0.2) is 0 Å². The molecule has 1 N–H and O–H groups in total. The van der Waals surface area contributed by atoms with E-state index in [-0.39, 0.29) is 11.6 Å². The van der Waals surface area contributed by atoms with Crippen LogP contribution in [0.4, 0.5) is 8.78 Å². The second kappa shape index (κ2) is 6.43. The van der Waals surface area contributed by atoms with Gasteiger partial charge < -0.3 is 5.32 Å². The molecule has 0 atom stereocenters. The Bertz CT molecular complexity index is 535. The molecule has 19 heavy (non-hydrogen) atoms. The predicted molar refractivity (Wildman–Crippen MR) is 73.8 cm³/mol. The summed E-state index contributed by atoms with van der Waals surface area (Å²) in [5.74, 6) is -0.518. The highest BCUT2D eigenvalue weighted by molar-refractivity contribution is 5.63. The van der Waals surface area contributed by atoms with E-state index in [1.165, 1.54) is 18.2 Å². The maximum Gasteiger partial charge on any atom is 0.128 e. The molecule has 0 fully saturated rings. The Kier molecular flexibility index (Phi) is 4.63. The van der Waals surface area contributed by atoms with Gasteiger partial charge in [0.2, 0.25) is 0 Å². The maximum absolute atomic E-state index is 13.9. The van der Waals surface area contributed by atoms with Crippen LogP contribution >= 0.6 is 0 Å². The fraction of sp³-hybridized carbons (Fsp3) is 0.250. The fourth-order valence-electron chi connectivity index (χ4n) is 1.91. The van der Waals surface area contributed by atoms with Crippen molar-refractivity contribution >= 4 is 0 Å². The molecule has 0 unspecified atom stereocenters. The molecular formula is C16H17F2N. The van der Waals surface area contributed by atoms with Crippen molar-refractivity contribution in [2.45, 2.75) is 19.9 Å². The molecule has 0 bridgehead atoms. The van der Waals surface area contributed by atoms with Crippen LogP contribution < -0.4 is 5.32 Å². The summed E-state index contributed by atoms with van der Waals surface area (Å²) in [6.45, 7) is 3.48. The Balaban J connectivity index is 2.16. The van der Waals surface area contributed by atoms with Crippen LogP contribution in [0.2, 0.25) is 0 Å². The van der Waals surface area contributed by atoms with E-state index in [2.05, 4.69) is 12.2 Å². The second-order valence-corrected chi connectivity index (χ2v) is 4.49. The zero-order valence-corrected chi connectivity index (χ0v) is 10.9. The van der Waals surface area contributed by atoms with Crippen LogP contribution in [0.1, 0.15) is 18.9 Å². The SMILES string of the molecule is CCCNCc1ccc(-c2ccc(F)cc2)cc1F. The standard InChI is InChI=1S/C16H17F2N/c1-2-9-19-11-14-4-3-13(10-16(14)18)12-5-7-15(17)8-6-12/h3-8,10,19H,2,9,11H2,1H3. The monoisotopic (exact) mass is 261 g/mol. The lowest BCUT2D eigenvalue weighted by molar-refractivity contribution is 0.587. The molecular weight excluding hydrogens is 244 g/mol. The van der Waals surface area contributed by atoms with Crippen LogP contribution in [0.3, 0.4) is 0 Å². The lowest BCUT2D eigenvalue weighted by Crippen LogP contribution is -2.14. The van der Waals surface area contributed by atoms with Gasteiger partial charge in [0, 0.05) is 12.1 Å². The zero-order valence-electron chi connectivity index (χ0n) is 10.9. The van der Waals surface area contributed by atoms with Crippen molar-refractivity contribution in [1.29, 1.82) is 0 Å². The Morgan fingerprint density at radius 2 is 1.63 bits per heavy atom. The van der Waals surface area contributed by atoms with Crippen molar-refractivity contribution < 1.29 is 8.78 Å². The van der Waals surface area contributed by atoms with Crippen LogP contribution in [0, 0.1) is 11.6 Å². The normalized spacial score (nSPS) is 10.7. The average molecular weight is 261 g/mol. The molecule has 2 rings (SSSR count). The molecule has 100 valence electrons. The lowest BCUT2D eigenvalue weighted by atomic mass is 10.0. The van der Waals surface area contributed by atoms with Crippen molar-refractivity contribution in [2.75, 3.05) is 6.54 Å². The van der Waals surface area contributed by atoms with Gasteiger partial charge in [-0.15, -0.1) is 0 Å². The number of nitrogens with one attached hydrogen (secondary N) is 1. The summed E-state index contributed by atoms with van der Waals surface area (Å²) >= 11 is 0. The third-order valence-corrected chi connectivity index (χ3v) is 2.97. The molecule has 0 saturated carbocycles. The molecule has 1 nitrogen and oxygen atoms in total. The van der Waals surface area contributed by atoms with Gasteiger partial charge in [-0.1, -0.05) is 31.2 Å². The molecule has 0 aromatic heterocycles. The lowest BCUT2D eigenvalue weighted by Gasteiger charge is -2.07. The molecule has 0 aliphatic rings. The molecule has 0 amide bonds. The molecule has 0 heterocycles. The first-order chi connectivity index (χ1) is 9.20. The number of hydrogen-bond acceptors (Lipinski definition) is 1. The van der Waals surface area contributed by atoms with E-state index in [0.717, 1.165) is 24.1 Å². The molecule has 3 heteroatoms. The first-order valence-electron chi connectivity index (χ1n) is 6.46. The Labute approximate surface area is 112 Å². The van der Waals surface area contributed by atoms with E-state index in [4.69, 9.17) is 0 Å². The summed E-state index contributed by atoms with van der Waals surface area (Å²) in [6.07, 6.45) is 1.02. The molecule has 2 aromatic carbocycles. The summed E-state index contributed by atoms with van der Waals surface area (Å²) in [7, 11) is 0. The van der Waals surface area contributed by atoms with Crippen LogP contribution in [0.15, 0.2) is 42.5 Å². The molecule has 2 aromatic rings. The van der Waals surface area contributed by atoms with Gasteiger partial charge in [-0.05, 0) is 42.3 Å². The van der Waals surface area contributed by atoms with E-state index < -0.39 is 0 Å². The molecule has 0 aliphatic carbocycles. The van der Waals surface area contributed by atoms with Crippen molar-refractivity contribution in [2.24, 2.45) is 0 Å². The molecule has 0 spiro atoms. The van der Waals surface area contributed by atoms with Gasteiger partial charge in [-0.25, -0.2) is 8.78 Å². The Morgan fingerprint density at radius 1 is 0.947 bits per heavy atom. The van der Waals surface area contributed by atoms with E-state index in [1.54, 1.807) is 18.2 Å². The first kappa shape index (κ1) is 13.7. The minimum Gasteiger partial charge on any atom is -0.313 e. The van der Waals surface area contributed by atoms with Crippen LogP contribution in [0.5, 0.6) is 0 Å². The van der Waals surface area contributed by atoms with Crippen molar-refractivity contribution in [3.05, 3.63) is 59.7 Å². The van der Waals surface area contributed by atoms with Gasteiger partial charge in [-0.2, -0.15) is 0 Å². The second-order valence-electron chi connectivity index (χ2n) is 4.49. The number of halogens is 2. The summed E-state index contributed by atoms with van der Waals surface area (Å²) in [5, 5.41) is 3.17. The fourth-order valence-corrected chi connectivity index (χ4v) is 1.91. The van der Waals surface area contributed by atoms with Crippen molar-refractivity contribution in [3.8, 4) is 11.1 Å². The van der Waals surface area contributed by atoms with E-state index in [1.807, 2.05) is 6.07 Å².